The summed E-state index contributed by atoms with van der Waals surface area (Å²) in [5, 5.41) is 0. The second-order valence-electron chi connectivity index (χ2n) is 11.9. The van der Waals surface area contributed by atoms with Crippen molar-refractivity contribution in [2.45, 2.75) is 75.8 Å². The summed E-state index contributed by atoms with van der Waals surface area (Å²) < 4.78 is 6.02. The summed E-state index contributed by atoms with van der Waals surface area (Å²) in [7, 11) is 0. The molecule has 0 heterocycles. The summed E-state index contributed by atoms with van der Waals surface area (Å²) in [5.41, 5.74) is 8.07. The van der Waals surface area contributed by atoms with E-state index in [9.17, 15) is 4.79 Å². The molecule has 2 nitrogen and oxygen atoms in total. The number of aryl methyl sites for hydroxylation is 3. The number of hydrogen-bond donors (Lipinski definition) is 0. The molecule has 2 heteroatoms. The molecular formula is C32H42O2. The third kappa shape index (κ3) is 8.48. The number of Topliss-reactive ketones (excluding diaryl/α,β-unsaturated/α-hetero) is 1. The molecular weight excluding hydrogens is 416 g/mol. The molecule has 0 fully saturated rings. The van der Waals surface area contributed by atoms with Crippen molar-refractivity contribution >= 4 is 5.78 Å². The van der Waals surface area contributed by atoms with Gasteiger partial charge in [-0.2, -0.15) is 0 Å². The summed E-state index contributed by atoms with van der Waals surface area (Å²) >= 11 is 0. The Kier molecular flexibility index (Phi) is 8.89. The van der Waals surface area contributed by atoms with Crippen LogP contribution >= 0.6 is 0 Å². The summed E-state index contributed by atoms with van der Waals surface area (Å²) in [6.07, 6.45) is 0. The molecule has 0 saturated carbocycles. The highest BCUT2D eigenvalue weighted by atomic mass is 16.5. The molecule has 0 spiro atoms. The normalized spacial score (nSPS) is 11.5. The number of carbonyl (C=O) groups is 1. The van der Waals surface area contributed by atoms with Gasteiger partial charge in [0, 0.05) is 11.0 Å². The van der Waals surface area contributed by atoms with Crippen LogP contribution in [0.1, 0.15) is 81.1 Å². The van der Waals surface area contributed by atoms with Gasteiger partial charge in [0.2, 0.25) is 0 Å². The van der Waals surface area contributed by atoms with Crippen LogP contribution in [0.4, 0.5) is 0 Å². The predicted molar refractivity (Wildman–Crippen MR) is 146 cm³/mol. The van der Waals surface area contributed by atoms with E-state index in [1.807, 2.05) is 51.1 Å². The molecule has 0 aliphatic carbocycles. The van der Waals surface area contributed by atoms with Crippen molar-refractivity contribution in [2.24, 2.45) is 10.8 Å². The Labute approximate surface area is 207 Å². The highest BCUT2D eigenvalue weighted by molar-refractivity contribution is 5.99. The van der Waals surface area contributed by atoms with Crippen LogP contribution in [0.15, 0.2) is 60.7 Å². The molecule has 0 aromatic heterocycles. The van der Waals surface area contributed by atoms with Gasteiger partial charge in [-0.3, -0.25) is 4.79 Å². The maximum absolute atomic E-state index is 12.5. The maximum atomic E-state index is 12.5. The zero-order chi connectivity index (χ0) is 25.7. The third-order valence-electron chi connectivity index (χ3n) is 5.15. The van der Waals surface area contributed by atoms with Crippen molar-refractivity contribution in [3.63, 3.8) is 0 Å². The van der Waals surface area contributed by atoms with Gasteiger partial charge >= 0.3 is 0 Å². The Morgan fingerprint density at radius 3 is 1.82 bits per heavy atom. The van der Waals surface area contributed by atoms with Gasteiger partial charge < -0.3 is 4.74 Å². The van der Waals surface area contributed by atoms with E-state index in [1.54, 1.807) is 0 Å². The van der Waals surface area contributed by atoms with E-state index in [-0.39, 0.29) is 11.2 Å². The quantitative estimate of drug-likeness (QED) is 0.356. The van der Waals surface area contributed by atoms with Gasteiger partial charge in [-0.25, -0.2) is 0 Å². The molecule has 182 valence electrons. The van der Waals surface area contributed by atoms with E-state index in [4.69, 9.17) is 4.74 Å². The predicted octanol–water partition coefficient (Wildman–Crippen LogP) is 9.14. The first-order chi connectivity index (χ1) is 15.6. The topological polar surface area (TPSA) is 26.3 Å². The third-order valence-corrected chi connectivity index (χ3v) is 5.15. The molecule has 0 saturated heterocycles. The minimum atomic E-state index is -0.388. The van der Waals surface area contributed by atoms with Gasteiger partial charge in [0.25, 0.3) is 0 Å². The van der Waals surface area contributed by atoms with E-state index in [0.29, 0.717) is 12.0 Å². The van der Waals surface area contributed by atoms with Gasteiger partial charge in [-0.1, -0.05) is 96.5 Å². The number of ether oxygens (including phenoxy) is 1. The Morgan fingerprint density at radius 2 is 1.29 bits per heavy atom. The van der Waals surface area contributed by atoms with Crippen LogP contribution in [0.5, 0.6) is 5.75 Å². The molecule has 3 aromatic rings. The average Bonchev–Trinajstić information content (AvgIpc) is 2.71. The SMILES string of the molecule is CC(C)(C)C.Cc1ccc(-c2ccc(OCc3cccc(C(=O)C(C)(C)C)c3)cc2C)c(C)c1. The lowest BCUT2D eigenvalue weighted by molar-refractivity contribution is 0.0858. The van der Waals surface area contributed by atoms with Gasteiger partial charge in [0.1, 0.15) is 12.4 Å². The van der Waals surface area contributed by atoms with Crippen molar-refractivity contribution in [1.82, 2.24) is 0 Å². The molecule has 0 unspecified atom stereocenters. The van der Waals surface area contributed by atoms with Crippen molar-refractivity contribution in [3.05, 3.63) is 88.5 Å². The van der Waals surface area contributed by atoms with E-state index >= 15 is 0 Å². The number of carbonyl (C=O) groups excluding carboxylic acids is 1. The molecule has 3 rings (SSSR count). The first-order valence-corrected chi connectivity index (χ1v) is 12.1. The van der Waals surface area contributed by atoms with Gasteiger partial charge in [-0.15, -0.1) is 0 Å². The highest BCUT2D eigenvalue weighted by Gasteiger charge is 2.22. The van der Waals surface area contributed by atoms with Crippen LogP contribution in [-0.2, 0) is 6.61 Å². The fraction of sp³-hybridized carbons (Fsp3) is 0.406. The molecule has 0 N–H and O–H groups in total. The Bertz CT molecular complexity index is 1120. The zero-order valence-electron chi connectivity index (χ0n) is 22.8. The Morgan fingerprint density at radius 1 is 0.735 bits per heavy atom. The van der Waals surface area contributed by atoms with Gasteiger partial charge in [0.05, 0.1) is 0 Å². The minimum absolute atomic E-state index is 0.146. The molecule has 0 atom stereocenters. The smallest absolute Gasteiger partial charge is 0.168 e. The van der Waals surface area contributed by atoms with Crippen LogP contribution < -0.4 is 4.74 Å². The summed E-state index contributed by atoms with van der Waals surface area (Å²) in [4.78, 5) is 12.5. The van der Waals surface area contributed by atoms with Crippen LogP contribution in [0.3, 0.4) is 0 Å². The van der Waals surface area contributed by atoms with Crippen molar-refractivity contribution in [1.29, 1.82) is 0 Å². The van der Waals surface area contributed by atoms with E-state index in [1.165, 1.54) is 27.8 Å². The number of ketones is 1. The Balaban J connectivity index is 0.000000739. The molecule has 0 aliphatic heterocycles. The average molecular weight is 459 g/mol. The molecule has 0 radical (unpaired) electrons. The maximum Gasteiger partial charge on any atom is 0.168 e. The highest BCUT2D eigenvalue weighted by Crippen LogP contribution is 2.30. The lowest BCUT2D eigenvalue weighted by atomic mass is 9.86. The summed E-state index contributed by atoms with van der Waals surface area (Å²) in [6, 6.07) is 20.5. The number of rotatable bonds is 5. The molecule has 34 heavy (non-hydrogen) atoms. The first-order valence-electron chi connectivity index (χ1n) is 12.1. The first kappa shape index (κ1) is 27.4. The van der Waals surface area contributed by atoms with Crippen LogP contribution in [0, 0.1) is 31.6 Å². The second kappa shape index (κ2) is 11.0. The summed E-state index contributed by atoms with van der Waals surface area (Å²) in [5.74, 6) is 0.983. The van der Waals surface area contributed by atoms with Crippen molar-refractivity contribution in [3.8, 4) is 16.9 Å². The number of benzene rings is 3. The van der Waals surface area contributed by atoms with E-state index < -0.39 is 0 Å². The second-order valence-corrected chi connectivity index (χ2v) is 11.9. The molecule has 3 aromatic carbocycles. The fourth-order valence-electron chi connectivity index (χ4n) is 3.55. The van der Waals surface area contributed by atoms with Crippen LogP contribution in [-0.4, -0.2) is 5.78 Å². The monoisotopic (exact) mass is 458 g/mol. The standard InChI is InChI=1S/C27H30O2.C5H12/c1-18-10-12-24(19(2)14-18)25-13-11-23(15-20(25)3)29-17-21-8-7-9-22(16-21)26(28)27(4,5)6;1-5(2,3)4/h7-16H,17H2,1-6H3;1-4H3. The Hall–Kier alpha value is -2.87. The molecule has 0 aliphatic rings. The molecule has 0 bridgehead atoms. The van der Waals surface area contributed by atoms with Crippen LogP contribution in [0.25, 0.3) is 11.1 Å². The summed E-state index contributed by atoms with van der Waals surface area (Å²) in [6.45, 7) is 21.4. The van der Waals surface area contributed by atoms with Crippen molar-refractivity contribution in [2.75, 3.05) is 0 Å². The van der Waals surface area contributed by atoms with Gasteiger partial charge in [0.15, 0.2) is 5.78 Å². The fourth-order valence-corrected chi connectivity index (χ4v) is 3.55. The van der Waals surface area contributed by atoms with Crippen molar-refractivity contribution < 1.29 is 9.53 Å². The van der Waals surface area contributed by atoms with Crippen LogP contribution in [0.2, 0.25) is 0 Å². The lowest BCUT2D eigenvalue weighted by Gasteiger charge is -2.17. The van der Waals surface area contributed by atoms with Gasteiger partial charge in [-0.05, 0) is 72.2 Å². The largest absolute Gasteiger partial charge is 0.489 e. The number of hydrogen-bond acceptors (Lipinski definition) is 2. The zero-order valence-corrected chi connectivity index (χ0v) is 22.8. The van der Waals surface area contributed by atoms with E-state index in [2.05, 4.69) is 78.8 Å². The minimum Gasteiger partial charge on any atom is -0.489 e. The van der Waals surface area contributed by atoms with E-state index in [0.717, 1.165) is 16.9 Å². The molecule has 0 amide bonds. The lowest BCUT2D eigenvalue weighted by Crippen LogP contribution is -2.20.